The van der Waals surface area contributed by atoms with Crippen LogP contribution in [0.15, 0.2) is 36.3 Å². The molecule has 0 radical (unpaired) electrons. The molecule has 1 saturated carbocycles. The van der Waals surface area contributed by atoms with Crippen LogP contribution >= 0.6 is 0 Å². The first kappa shape index (κ1) is 16.1. The van der Waals surface area contributed by atoms with Crippen molar-refractivity contribution in [1.29, 1.82) is 0 Å². The number of allylic oxidation sites excluding steroid dienone is 1. The van der Waals surface area contributed by atoms with Gasteiger partial charge in [-0.1, -0.05) is 26.0 Å². The van der Waals surface area contributed by atoms with Gasteiger partial charge in [0.1, 0.15) is 5.60 Å². The number of cyclic esters (lactones) is 1. The van der Waals surface area contributed by atoms with Crippen molar-refractivity contribution in [2.75, 3.05) is 7.11 Å². The summed E-state index contributed by atoms with van der Waals surface area (Å²) < 4.78 is 22.9. The number of carbonyl (C=O) groups is 2. The molecule has 5 aliphatic rings. The van der Waals surface area contributed by atoms with Crippen molar-refractivity contribution in [3.8, 4) is 0 Å². The first-order valence-corrected chi connectivity index (χ1v) is 9.03. The second-order valence-electron chi connectivity index (χ2n) is 8.47. The Labute approximate surface area is 151 Å². The summed E-state index contributed by atoms with van der Waals surface area (Å²) in [5.74, 6) is -1.52. The highest BCUT2D eigenvalue weighted by Gasteiger charge is 2.79. The number of hydrogen-bond acceptors (Lipinski definition) is 6. The van der Waals surface area contributed by atoms with Gasteiger partial charge in [0, 0.05) is 17.4 Å². The number of esters is 2. The summed E-state index contributed by atoms with van der Waals surface area (Å²) in [7, 11) is 1.46. The molecule has 3 fully saturated rings. The Morgan fingerprint density at radius 3 is 2.77 bits per heavy atom. The first-order valence-electron chi connectivity index (χ1n) is 9.03. The molecule has 26 heavy (non-hydrogen) atoms. The van der Waals surface area contributed by atoms with E-state index in [2.05, 4.69) is 6.58 Å². The lowest BCUT2D eigenvalue weighted by molar-refractivity contribution is -0.203. The smallest absolute Gasteiger partial charge is 0.320 e. The van der Waals surface area contributed by atoms with Crippen molar-refractivity contribution in [2.45, 2.75) is 38.6 Å². The van der Waals surface area contributed by atoms with Crippen LogP contribution < -0.4 is 0 Å². The van der Waals surface area contributed by atoms with Gasteiger partial charge in [0.25, 0.3) is 5.95 Å². The van der Waals surface area contributed by atoms with E-state index in [1.807, 2.05) is 26.0 Å². The summed E-state index contributed by atoms with van der Waals surface area (Å²) in [5.41, 5.74) is -1.08. The van der Waals surface area contributed by atoms with E-state index in [9.17, 15) is 9.59 Å². The Kier molecular flexibility index (Phi) is 2.85. The quantitative estimate of drug-likeness (QED) is 0.558. The molecule has 0 aromatic rings. The second kappa shape index (κ2) is 4.60. The minimum absolute atomic E-state index is 0.0190. The maximum atomic E-state index is 13.2. The van der Waals surface area contributed by atoms with Crippen molar-refractivity contribution in [1.82, 2.24) is 0 Å². The van der Waals surface area contributed by atoms with Gasteiger partial charge < -0.3 is 18.9 Å². The van der Waals surface area contributed by atoms with E-state index < -0.39 is 28.6 Å². The van der Waals surface area contributed by atoms with E-state index in [0.29, 0.717) is 0 Å². The molecule has 7 atom stereocenters. The monoisotopic (exact) mass is 358 g/mol. The lowest BCUT2D eigenvalue weighted by Crippen LogP contribution is -2.61. The highest BCUT2D eigenvalue weighted by molar-refractivity contribution is 5.83. The van der Waals surface area contributed by atoms with E-state index in [1.165, 1.54) is 7.11 Å². The number of hydrogen-bond donors (Lipinski definition) is 0. The predicted molar refractivity (Wildman–Crippen MR) is 89.1 cm³/mol. The first-order chi connectivity index (χ1) is 12.3. The van der Waals surface area contributed by atoms with Gasteiger partial charge in [-0.15, -0.1) is 6.58 Å². The third-order valence-electron chi connectivity index (χ3n) is 7.46. The van der Waals surface area contributed by atoms with E-state index in [1.54, 1.807) is 6.08 Å². The zero-order valence-corrected chi connectivity index (χ0v) is 15.1. The molecule has 2 aliphatic carbocycles. The lowest BCUT2D eigenvalue weighted by atomic mass is 9.47. The van der Waals surface area contributed by atoms with Crippen LogP contribution in [0.25, 0.3) is 0 Å². The fraction of sp³-hybridized carbons (Fsp3) is 0.600. The SMILES string of the molecule is C=C[C@]1(C)CC[C@@H]2[C@]34O[C@H]5OC(=O)[C@@H](C=C3C=C(OC)OC(=O)[C@H]41)[C@]52C. The highest BCUT2D eigenvalue weighted by Crippen LogP contribution is 2.71. The normalized spacial score (nSPS) is 50.7. The molecule has 0 aromatic carbocycles. The molecular weight excluding hydrogens is 336 g/mol. The molecule has 0 amide bonds. The van der Waals surface area contributed by atoms with Crippen LogP contribution in [0.1, 0.15) is 26.7 Å². The molecule has 0 N–H and O–H groups in total. The van der Waals surface area contributed by atoms with Crippen molar-refractivity contribution >= 4 is 11.9 Å². The average Bonchev–Trinajstić information content (AvgIpc) is 2.88. The zero-order valence-electron chi connectivity index (χ0n) is 15.1. The Balaban J connectivity index is 1.82. The molecule has 0 unspecified atom stereocenters. The molecular formula is C20H22O6. The van der Waals surface area contributed by atoms with E-state index in [4.69, 9.17) is 18.9 Å². The van der Waals surface area contributed by atoms with E-state index in [-0.39, 0.29) is 29.7 Å². The average molecular weight is 358 g/mol. The number of rotatable bonds is 2. The van der Waals surface area contributed by atoms with Crippen LogP contribution in [-0.2, 0) is 28.5 Å². The molecule has 5 rings (SSSR count). The van der Waals surface area contributed by atoms with Gasteiger partial charge in [0.15, 0.2) is 0 Å². The van der Waals surface area contributed by atoms with Gasteiger partial charge in [-0.2, -0.15) is 0 Å². The van der Waals surface area contributed by atoms with E-state index in [0.717, 1.165) is 18.4 Å². The van der Waals surface area contributed by atoms with Gasteiger partial charge >= 0.3 is 11.9 Å². The maximum Gasteiger partial charge on any atom is 0.320 e. The number of methoxy groups -OCH3 is 1. The van der Waals surface area contributed by atoms with Gasteiger partial charge in [0.2, 0.25) is 6.29 Å². The molecule has 6 nitrogen and oxygen atoms in total. The van der Waals surface area contributed by atoms with Gasteiger partial charge in [-0.05, 0) is 18.4 Å². The van der Waals surface area contributed by atoms with Crippen LogP contribution in [-0.4, -0.2) is 30.9 Å². The minimum Gasteiger partial charge on any atom is -0.468 e. The van der Waals surface area contributed by atoms with Crippen LogP contribution in [0.4, 0.5) is 0 Å². The number of ether oxygens (including phenoxy) is 4. The third kappa shape index (κ3) is 1.50. The van der Waals surface area contributed by atoms with Gasteiger partial charge in [-0.3, -0.25) is 9.59 Å². The van der Waals surface area contributed by atoms with Crippen molar-refractivity contribution in [3.63, 3.8) is 0 Å². The number of carbonyl (C=O) groups excluding carboxylic acids is 2. The molecule has 3 heterocycles. The standard InChI is InChI=1S/C20H22O6/c1-5-18(2)7-6-12-19(3)11-8-10-9-13(23-4)24-16(22)14(18)20(10,12)26-17(19)25-15(11)21/h5,8-9,11-12,14,17H,1,6-7H2,2-4H3/t11-,12+,14+,17-,18-,19+,20-/m1/s1. The molecule has 0 aromatic heterocycles. The molecule has 2 bridgehead atoms. The Morgan fingerprint density at radius 2 is 2.08 bits per heavy atom. The predicted octanol–water partition coefficient (Wildman–Crippen LogP) is 2.46. The van der Waals surface area contributed by atoms with Crippen LogP contribution in [0.3, 0.4) is 0 Å². The lowest BCUT2D eigenvalue weighted by Gasteiger charge is -2.55. The van der Waals surface area contributed by atoms with Gasteiger partial charge in [0.05, 0.1) is 24.4 Å². The van der Waals surface area contributed by atoms with Crippen molar-refractivity contribution in [3.05, 3.63) is 36.3 Å². The Morgan fingerprint density at radius 1 is 1.31 bits per heavy atom. The fourth-order valence-electron chi connectivity index (χ4n) is 6.08. The summed E-state index contributed by atoms with van der Waals surface area (Å²) in [6.45, 7) is 8.05. The summed E-state index contributed by atoms with van der Waals surface area (Å²) in [4.78, 5) is 25.6. The zero-order chi connectivity index (χ0) is 18.5. The molecule has 2 saturated heterocycles. The summed E-state index contributed by atoms with van der Waals surface area (Å²) in [5, 5.41) is 0. The van der Waals surface area contributed by atoms with Gasteiger partial charge in [-0.25, -0.2) is 0 Å². The van der Waals surface area contributed by atoms with Crippen molar-refractivity contribution in [2.24, 2.45) is 28.6 Å². The highest BCUT2D eigenvalue weighted by atomic mass is 16.7. The van der Waals surface area contributed by atoms with Crippen molar-refractivity contribution < 1.29 is 28.5 Å². The summed E-state index contributed by atoms with van der Waals surface area (Å²) in [6, 6.07) is 0. The maximum absolute atomic E-state index is 13.2. The Bertz CT molecular complexity index is 811. The topological polar surface area (TPSA) is 71.1 Å². The third-order valence-corrected chi connectivity index (χ3v) is 7.46. The largest absolute Gasteiger partial charge is 0.468 e. The molecule has 138 valence electrons. The minimum atomic E-state index is -0.894. The van der Waals surface area contributed by atoms with Crippen LogP contribution in [0, 0.1) is 28.6 Å². The molecule has 3 aliphatic heterocycles. The van der Waals surface area contributed by atoms with Crippen LogP contribution in [0.5, 0.6) is 0 Å². The summed E-state index contributed by atoms with van der Waals surface area (Å²) >= 11 is 0. The van der Waals surface area contributed by atoms with E-state index >= 15 is 0 Å². The molecule has 1 spiro atoms. The fourth-order valence-corrected chi connectivity index (χ4v) is 6.08. The summed E-state index contributed by atoms with van der Waals surface area (Å²) in [6.07, 6.45) is 6.36. The van der Waals surface area contributed by atoms with Crippen LogP contribution in [0.2, 0.25) is 0 Å². The Hall–Kier alpha value is -2.08. The second-order valence-corrected chi connectivity index (χ2v) is 8.47. The molecule has 6 heteroatoms.